The molecule has 0 radical (unpaired) electrons. The number of esters is 2. The van der Waals surface area contributed by atoms with E-state index in [0.717, 1.165) is 12.0 Å². The van der Waals surface area contributed by atoms with Crippen LogP contribution in [-0.4, -0.2) is 72.1 Å². The topological polar surface area (TPSA) is 114 Å². The smallest absolute Gasteiger partial charge is 0.333 e. The molecule has 9 nitrogen and oxygen atoms in total. The van der Waals surface area contributed by atoms with E-state index in [1.807, 2.05) is 78.8 Å². The number of carbonyl (C=O) groups excluding carboxylic acids is 4. The molecule has 44 heavy (non-hydrogen) atoms. The first kappa shape index (κ1) is 38.8. The van der Waals surface area contributed by atoms with Gasteiger partial charge in [0.15, 0.2) is 0 Å². The van der Waals surface area contributed by atoms with Gasteiger partial charge in [0.05, 0.1) is 25.2 Å². The number of benzene rings is 1. The van der Waals surface area contributed by atoms with Gasteiger partial charge >= 0.3 is 11.9 Å². The normalized spacial score (nSPS) is 14.7. The van der Waals surface area contributed by atoms with Gasteiger partial charge in [0.2, 0.25) is 11.8 Å². The summed E-state index contributed by atoms with van der Waals surface area (Å²) >= 11 is 0. The summed E-state index contributed by atoms with van der Waals surface area (Å²) in [5, 5.41) is 6.20. The molecule has 1 unspecified atom stereocenters. The van der Waals surface area contributed by atoms with Gasteiger partial charge in [-0.25, -0.2) is 4.79 Å². The van der Waals surface area contributed by atoms with Gasteiger partial charge in [0.25, 0.3) is 0 Å². The van der Waals surface area contributed by atoms with Crippen LogP contribution in [0.15, 0.2) is 42.0 Å². The third-order valence-electron chi connectivity index (χ3n) is 7.42. The summed E-state index contributed by atoms with van der Waals surface area (Å²) in [6.45, 7) is 22.8. The number of ether oxygens (including phenoxy) is 2. The molecule has 0 aliphatic rings. The number of nitrogens with one attached hydrogen (secondary N) is 2. The Bertz CT molecular complexity index is 1130. The summed E-state index contributed by atoms with van der Waals surface area (Å²) in [5.41, 5.74) is -0.748. The van der Waals surface area contributed by atoms with Crippen molar-refractivity contribution in [1.82, 2.24) is 15.5 Å². The second-order valence-corrected chi connectivity index (χ2v) is 13.8. The summed E-state index contributed by atoms with van der Waals surface area (Å²) in [5.74, 6) is -1.55. The highest BCUT2D eigenvalue weighted by molar-refractivity contribution is 5.92. The Morgan fingerprint density at radius 2 is 1.50 bits per heavy atom. The van der Waals surface area contributed by atoms with Crippen molar-refractivity contribution in [1.29, 1.82) is 0 Å². The van der Waals surface area contributed by atoms with Crippen molar-refractivity contribution in [3.05, 3.63) is 47.5 Å². The number of hydrogen-bond acceptors (Lipinski definition) is 7. The third-order valence-corrected chi connectivity index (χ3v) is 7.42. The summed E-state index contributed by atoms with van der Waals surface area (Å²) in [6, 6.07) is 7.47. The average Bonchev–Trinajstić information content (AvgIpc) is 2.91. The second kappa shape index (κ2) is 16.8. The lowest BCUT2D eigenvalue weighted by molar-refractivity contribution is -0.154. The minimum atomic E-state index is -0.886. The van der Waals surface area contributed by atoms with Crippen molar-refractivity contribution in [2.24, 2.45) is 5.41 Å². The van der Waals surface area contributed by atoms with Crippen LogP contribution >= 0.6 is 0 Å². The summed E-state index contributed by atoms with van der Waals surface area (Å²) in [6.07, 6.45) is 3.21. The highest BCUT2D eigenvalue weighted by Crippen LogP contribution is 2.29. The molecule has 3 atom stereocenters. The zero-order valence-corrected chi connectivity index (χ0v) is 29.1. The van der Waals surface area contributed by atoms with Crippen LogP contribution in [0.2, 0.25) is 0 Å². The number of hydrogen-bond donors (Lipinski definition) is 2. The average molecular weight is 616 g/mol. The van der Waals surface area contributed by atoms with E-state index in [1.54, 1.807) is 45.6 Å². The number of nitrogens with zero attached hydrogens (tertiary/aromatic N) is 1. The van der Waals surface area contributed by atoms with Crippen LogP contribution in [0.1, 0.15) is 101 Å². The summed E-state index contributed by atoms with van der Waals surface area (Å²) in [7, 11) is 0. The second-order valence-electron chi connectivity index (χ2n) is 13.8. The van der Waals surface area contributed by atoms with Gasteiger partial charge < -0.3 is 19.7 Å². The van der Waals surface area contributed by atoms with Gasteiger partial charge in [-0.1, -0.05) is 84.4 Å². The van der Waals surface area contributed by atoms with Gasteiger partial charge in [-0.15, -0.1) is 0 Å². The van der Waals surface area contributed by atoms with E-state index in [4.69, 9.17) is 9.47 Å². The van der Waals surface area contributed by atoms with E-state index >= 15 is 0 Å². The third kappa shape index (κ3) is 11.7. The molecule has 0 heterocycles. The molecular weight excluding hydrogens is 558 g/mol. The zero-order valence-electron chi connectivity index (χ0n) is 29.1. The Balaban J connectivity index is 3.49. The summed E-state index contributed by atoms with van der Waals surface area (Å²) < 4.78 is 10.7. The van der Waals surface area contributed by atoms with E-state index in [1.165, 1.54) is 0 Å². The maximum Gasteiger partial charge on any atom is 0.333 e. The first-order valence-electron chi connectivity index (χ1n) is 15.8. The number of carbonyl (C=O) groups is 4. The van der Waals surface area contributed by atoms with E-state index < -0.39 is 46.4 Å². The molecule has 9 heteroatoms. The predicted octanol–water partition coefficient (Wildman–Crippen LogP) is 5.32. The number of amides is 2. The Morgan fingerprint density at radius 1 is 0.909 bits per heavy atom. The molecule has 2 amide bonds. The Hall–Kier alpha value is -3.20. The monoisotopic (exact) mass is 615 g/mol. The molecule has 0 aliphatic heterocycles. The fourth-order valence-electron chi connectivity index (χ4n) is 5.09. The molecular formula is C35H57N3O6. The highest BCUT2D eigenvalue weighted by Gasteiger charge is 2.42. The molecule has 0 saturated heterocycles. The lowest BCUT2D eigenvalue weighted by Gasteiger charge is -2.40. The van der Waals surface area contributed by atoms with Crippen molar-refractivity contribution in [2.75, 3.05) is 19.7 Å². The molecule has 1 rings (SSSR count). The largest absolute Gasteiger partial charge is 0.463 e. The van der Waals surface area contributed by atoms with E-state index in [0.29, 0.717) is 18.5 Å². The molecule has 0 fully saturated rings. The van der Waals surface area contributed by atoms with Gasteiger partial charge in [0, 0.05) is 17.5 Å². The zero-order chi connectivity index (χ0) is 33.9. The van der Waals surface area contributed by atoms with Gasteiger partial charge in [0.1, 0.15) is 11.6 Å². The fraction of sp³-hybridized carbons (Fsp3) is 0.657. The van der Waals surface area contributed by atoms with Crippen LogP contribution in [0.4, 0.5) is 0 Å². The molecule has 248 valence electrons. The van der Waals surface area contributed by atoms with Gasteiger partial charge in [-0.05, 0) is 58.9 Å². The molecule has 0 spiro atoms. The number of rotatable bonds is 15. The lowest BCUT2D eigenvalue weighted by atomic mass is 9.76. The van der Waals surface area contributed by atoms with Gasteiger partial charge in [-0.2, -0.15) is 0 Å². The van der Waals surface area contributed by atoms with Crippen LogP contribution in [0.25, 0.3) is 0 Å². The fourth-order valence-corrected chi connectivity index (χ4v) is 5.09. The van der Waals surface area contributed by atoms with Crippen molar-refractivity contribution in [2.45, 2.75) is 125 Å². The maximum absolute atomic E-state index is 14.3. The number of likely N-dealkylation sites (N-methyl/N-ethyl adjacent to an activating group) is 1. The van der Waals surface area contributed by atoms with Crippen LogP contribution in [0.3, 0.4) is 0 Å². The standard InChI is InChI=1S/C35H57N3O6/c1-13-19-26(22-24(4)32(42)43-15-3)38(14-2)31(41)29(33(5,6)7)37-30(40)28(36-23-27(39)44-34(8,9)10)35(11,12)25-20-17-16-18-21-25/h16-18,20-22,26,28-29,36H,13-15,19,23H2,1-12H3,(H,37,40)/t26-,28?,29+/m0/s1. The predicted molar refractivity (Wildman–Crippen MR) is 175 cm³/mol. The minimum Gasteiger partial charge on any atom is -0.463 e. The quantitative estimate of drug-likeness (QED) is 0.203. The SMILES string of the molecule is CCC[C@@H](C=C(C)C(=O)OCC)N(CC)C(=O)[C@@H](NC(=O)C(NCC(=O)OC(C)(C)C)C(C)(C)c1ccccc1)C(C)(C)C. The van der Waals surface area contributed by atoms with Crippen molar-refractivity contribution in [3.63, 3.8) is 0 Å². The van der Waals surface area contributed by atoms with E-state index in [-0.39, 0.29) is 25.1 Å². The molecule has 1 aromatic carbocycles. The minimum absolute atomic E-state index is 0.183. The Kier molecular flexibility index (Phi) is 14.8. The van der Waals surface area contributed by atoms with Crippen LogP contribution in [-0.2, 0) is 34.1 Å². The molecule has 1 aromatic rings. The summed E-state index contributed by atoms with van der Waals surface area (Å²) in [4.78, 5) is 55.2. The molecule has 2 N–H and O–H groups in total. The van der Waals surface area contributed by atoms with Crippen LogP contribution in [0.5, 0.6) is 0 Å². The first-order chi connectivity index (χ1) is 20.3. The lowest BCUT2D eigenvalue weighted by Crippen LogP contribution is -2.62. The van der Waals surface area contributed by atoms with Gasteiger partial charge in [-0.3, -0.25) is 19.7 Å². The molecule has 0 aliphatic carbocycles. The highest BCUT2D eigenvalue weighted by atomic mass is 16.6. The Morgan fingerprint density at radius 3 is 1.98 bits per heavy atom. The van der Waals surface area contributed by atoms with Crippen LogP contribution in [0, 0.1) is 5.41 Å². The van der Waals surface area contributed by atoms with E-state index in [2.05, 4.69) is 10.6 Å². The molecule has 0 bridgehead atoms. The molecule has 0 saturated carbocycles. The Labute approximate surface area is 265 Å². The van der Waals surface area contributed by atoms with Crippen LogP contribution < -0.4 is 10.6 Å². The maximum atomic E-state index is 14.3. The molecule has 0 aromatic heterocycles. The van der Waals surface area contributed by atoms with E-state index in [9.17, 15) is 19.2 Å². The first-order valence-corrected chi connectivity index (χ1v) is 15.8. The van der Waals surface area contributed by atoms with Crippen molar-refractivity contribution < 1.29 is 28.7 Å². The van der Waals surface area contributed by atoms with Crippen molar-refractivity contribution in [3.8, 4) is 0 Å². The van der Waals surface area contributed by atoms with Crippen molar-refractivity contribution >= 4 is 23.8 Å².